The van der Waals surface area contributed by atoms with Crippen LogP contribution >= 0.6 is 0 Å². The fourth-order valence-electron chi connectivity index (χ4n) is 1.85. The molecule has 122 valence electrons. The molecule has 0 saturated heterocycles. The van der Waals surface area contributed by atoms with Gasteiger partial charge in [-0.2, -0.15) is 5.26 Å². The van der Waals surface area contributed by atoms with Crippen LogP contribution in [0, 0.1) is 11.3 Å². The number of nitriles is 1. The maximum absolute atomic E-state index is 12.2. The molecule has 0 fully saturated rings. The number of allylic oxidation sites excluding steroid dienone is 2. The van der Waals surface area contributed by atoms with E-state index in [1.54, 1.807) is 0 Å². The fraction of sp³-hybridized carbons (Fsp3) is 0.357. The molecule has 9 heteroatoms. The standard InChI is InChI=1S/C14H17N5O4/c1-3-8-17-12(21)18(9-4-2)14(23)19(13(17)22)10-11(20)16-7-5-6-15/h3-4H,1-2,5,7-10H2,(H,16,20). The molecular weight excluding hydrogens is 302 g/mol. The van der Waals surface area contributed by atoms with Crippen molar-refractivity contribution in [1.29, 1.82) is 5.26 Å². The third-order valence-corrected chi connectivity index (χ3v) is 2.87. The summed E-state index contributed by atoms with van der Waals surface area (Å²) in [5.74, 6) is -0.603. The zero-order valence-electron chi connectivity index (χ0n) is 12.5. The van der Waals surface area contributed by atoms with Crippen LogP contribution in [0.5, 0.6) is 0 Å². The first-order valence-corrected chi connectivity index (χ1v) is 6.77. The molecule has 0 radical (unpaired) electrons. The molecule has 23 heavy (non-hydrogen) atoms. The quantitative estimate of drug-likeness (QED) is 0.465. The van der Waals surface area contributed by atoms with E-state index in [4.69, 9.17) is 5.26 Å². The summed E-state index contributed by atoms with van der Waals surface area (Å²) in [7, 11) is 0. The molecule has 0 aliphatic heterocycles. The van der Waals surface area contributed by atoms with Crippen LogP contribution in [0.1, 0.15) is 6.42 Å². The summed E-state index contributed by atoms with van der Waals surface area (Å²) in [5, 5.41) is 10.8. The molecule has 0 unspecified atom stereocenters. The lowest BCUT2D eigenvalue weighted by molar-refractivity contribution is -0.121. The Kier molecular flexibility index (Phi) is 6.48. The second-order valence-electron chi connectivity index (χ2n) is 4.49. The van der Waals surface area contributed by atoms with Crippen molar-refractivity contribution in [2.75, 3.05) is 6.54 Å². The van der Waals surface area contributed by atoms with Crippen molar-refractivity contribution in [1.82, 2.24) is 19.0 Å². The van der Waals surface area contributed by atoms with E-state index in [-0.39, 0.29) is 26.1 Å². The summed E-state index contributed by atoms with van der Waals surface area (Å²) in [6.45, 7) is 6.28. The molecule has 0 bridgehead atoms. The van der Waals surface area contributed by atoms with Gasteiger partial charge < -0.3 is 5.32 Å². The van der Waals surface area contributed by atoms with Crippen molar-refractivity contribution in [3.8, 4) is 6.07 Å². The van der Waals surface area contributed by atoms with Gasteiger partial charge >= 0.3 is 17.1 Å². The van der Waals surface area contributed by atoms with E-state index in [9.17, 15) is 19.2 Å². The van der Waals surface area contributed by atoms with Crippen LogP contribution in [-0.4, -0.2) is 26.2 Å². The summed E-state index contributed by atoms with van der Waals surface area (Å²) in [5.41, 5.74) is -2.58. The molecule has 0 aliphatic carbocycles. The number of rotatable bonds is 8. The summed E-state index contributed by atoms with van der Waals surface area (Å²) < 4.78 is 2.27. The van der Waals surface area contributed by atoms with E-state index in [1.165, 1.54) is 12.2 Å². The van der Waals surface area contributed by atoms with Gasteiger partial charge in [0.1, 0.15) is 6.54 Å². The van der Waals surface area contributed by atoms with Crippen LogP contribution in [0.25, 0.3) is 0 Å². The lowest BCUT2D eigenvalue weighted by Gasteiger charge is -2.11. The summed E-state index contributed by atoms with van der Waals surface area (Å²) in [6, 6.07) is 1.85. The molecule has 1 heterocycles. The molecular formula is C14H17N5O4. The number of carbonyl (C=O) groups is 1. The zero-order valence-corrected chi connectivity index (χ0v) is 12.5. The van der Waals surface area contributed by atoms with Crippen molar-refractivity contribution in [3.63, 3.8) is 0 Å². The molecule has 0 saturated carbocycles. The molecule has 0 aromatic carbocycles. The van der Waals surface area contributed by atoms with Crippen LogP contribution in [0.3, 0.4) is 0 Å². The minimum absolute atomic E-state index is 0.0921. The van der Waals surface area contributed by atoms with E-state index >= 15 is 0 Å². The summed E-state index contributed by atoms with van der Waals surface area (Å²) >= 11 is 0. The number of carbonyl (C=O) groups excluding carboxylic acids is 1. The van der Waals surface area contributed by atoms with Gasteiger partial charge in [-0.3, -0.25) is 4.79 Å². The Morgan fingerprint density at radius 1 is 1.04 bits per heavy atom. The average molecular weight is 319 g/mol. The van der Waals surface area contributed by atoms with Crippen LogP contribution < -0.4 is 22.4 Å². The predicted octanol–water partition coefficient (Wildman–Crippen LogP) is -1.43. The van der Waals surface area contributed by atoms with E-state index in [0.29, 0.717) is 4.57 Å². The Balaban J connectivity index is 3.33. The first kappa shape index (κ1) is 17.9. The Labute approximate surface area is 131 Å². The van der Waals surface area contributed by atoms with E-state index < -0.39 is 29.5 Å². The normalized spacial score (nSPS) is 9.87. The van der Waals surface area contributed by atoms with Gasteiger partial charge in [-0.15, -0.1) is 13.2 Å². The van der Waals surface area contributed by atoms with Gasteiger partial charge in [-0.05, 0) is 0 Å². The van der Waals surface area contributed by atoms with Gasteiger partial charge in [-0.25, -0.2) is 28.1 Å². The number of amides is 1. The number of nitrogens with zero attached hydrogens (tertiary/aromatic N) is 4. The second kappa shape index (κ2) is 8.33. The monoisotopic (exact) mass is 319 g/mol. The third-order valence-electron chi connectivity index (χ3n) is 2.87. The SMILES string of the molecule is C=CCn1c(=O)n(CC=C)c(=O)n(CC(=O)NCCC#N)c1=O. The van der Waals surface area contributed by atoms with Crippen LogP contribution in [0.15, 0.2) is 39.7 Å². The van der Waals surface area contributed by atoms with Crippen LogP contribution in [0.2, 0.25) is 0 Å². The van der Waals surface area contributed by atoms with Crippen molar-refractivity contribution in [2.24, 2.45) is 0 Å². The number of nitrogens with one attached hydrogen (secondary N) is 1. The highest BCUT2D eigenvalue weighted by Gasteiger charge is 2.16. The number of hydrogen-bond donors (Lipinski definition) is 1. The highest BCUT2D eigenvalue weighted by Crippen LogP contribution is 1.81. The van der Waals surface area contributed by atoms with Gasteiger partial charge in [0, 0.05) is 6.54 Å². The molecule has 1 rings (SSSR count). The first-order valence-electron chi connectivity index (χ1n) is 6.77. The lowest BCUT2D eigenvalue weighted by Crippen LogP contribution is -2.55. The zero-order chi connectivity index (χ0) is 17.4. The molecule has 1 aromatic heterocycles. The van der Waals surface area contributed by atoms with Crippen LogP contribution in [-0.2, 0) is 24.4 Å². The van der Waals surface area contributed by atoms with Crippen LogP contribution in [0.4, 0.5) is 0 Å². The molecule has 1 N–H and O–H groups in total. The van der Waals surface area contributed by atoms with Crippen molar-refractivity contribution >= 4 is 5.91 Å². The highest BCUT2D eigenvalue weighted by molar-refractivity contribution is 5.75. The predicted molar refractivity (Wildman–Crippen MR) is 82.9 cm³/mol. The Morgan fingerprint density at radius 2 is 1.52 bits per heavy atom. The molecule has 0 aliphatic rings. The number of hydrogen-bond acceptors (Lipinski definition) is 5. The Hall–Kier alpha value is -3.15. The van der Waals surface area contributed by atoms with E-state index in [1.807, 2.05) is 6.07 Å². The molecule has 1 amide bonds. The topological polar surface area (TPSA) is 119 Å². The molecule has 0 atom stereocenters. The Morgan fingerprint density at radius 3 is 1.96 bits per heavy atom. The largest absolute Gasteiger partial charge is 0.354 e. The molecule has 0 spiro atoms. The van der Waals surface area contributed by atoms with Gasteiger partial charge in [-0.1, -0.05) is 12.2 Å². The van der Waals surface area contributed by atoms with E-state index in [0.717, 1.165) is 9.13 Å². The van der Waals surface area contributed by atoms with Gasteiger partial charge in [0.25, 0.3) is 0 Å². The minimum Gasteiger partial charge on any atom is -0.354 e. The maximum atomic E-state index is 12.2. The smallest absolute Gasteiger partial charge is 0.337 e. The summed E-state index contributed by atoms with van der Waals surface area (Å²) in [6.07, 6.45) is 2.78. The second-order valence-corrected chi connectivity index (χ2v) is 4.49. The van der Waals surface area contributed by atoms with E-state index in [2.05, 4.69) is 18.5 Å². The Bertz CT molecular complexity index is 773. The van der Waals surface area contributed by atoms with Crippen molar-refractivity contribution < 1.29 is 4.79 Å². The van der Waals surface area contributed by atoms with Gasteiger partial charge in [0.05, 0.1) is 25.6 Å². The fourth-order valence-corrected chi connectivity index (χ4v) is 1.85. The minimum atomic E-state index is -0.893. The summed E-state index contributed by atoms with van der Waals surface area (Å²) in [4.78, 5) is 48.3. The van der Waals surface area contributed by atoms with Gasteiger partial charge in [0.2, 0.25) is 5.91 Å². The van der Waals surface area contributed by atoms with Gasteiger partial charge in [0.15, 0.2) is 0 Å². The molecule has 9 nitrogen and oxygen atoms in total. The number of aromatic nitrogens is 3. The average Bonchev–Trinajstić information content (AvgIpc) is 2.52. The van der Waals surface area contributed by atoms with Crippen molar-refractivity contribution in [2.45, 2.75) is 26.1 Å². The maximum Gasteiger partial charge on any atom is 0.337 e. The highest BCUT2D eigenvalue weighted by atomic mass is 16.2. The van der Waals surface area contributed by atoms with Crippen molar-refractivity contribution in [3.05, 3.63) is 56.8 Å². The third kappa shape index (κ3) is 4.16. The lowest BCUT2D eigenvalue weighted by atomic mass is 10.4. The first-order chi connectivity index (χ1) is 11.0. The molecule has 1 aromatic rings.